The molecule has 8 nitrogen and oxygen atoms in total. The first-order valence-corrected chi connectivity index (χ1v) is 5.31. The Bertz CT molecular complexity index is 224. The van der Waals surface area contributed by atoms with Gasteiger partial charge in [0.2, 0.25) is 0 Å². The van der Waals surface area contributed by atoms with Gasteiger partial charge in [-0.15, -0.1) is 0 Å². The van der Waals surface area contributed by atoms with Gasteiger partial charge < -0.3 is 21.5 Å². The van der Waals surface area contributed by atoms with Crippen LogP contribution in [0.1, 0.15) is 1.43 Å². The summed E-state index contributed by atoms with van der Waals surface area (Å²) in [7, 11) is -4.37. The van der Waals surface area contributed by atoms with E-state index in [-0.39, 0.29) is 69.5 Å². The Hall–Kier alpha value is 0.710. The van der Waals surface area contributed by atoms with E-state index >= 15 is 0 Å². The first kappa shape index (κ1) is 21.9. The molecule has 0 aliphatic carbocycles. The maximum absolute atomic E-state index is 10.0. The van der Waals surface area contributed by atoms with Crippen LogP contribution < -0.4 is 29.6 Å². The van der Waals surface area contributed by atoms with Crippen LogP contribution in [-0.2, 0) is 24.1 Å². The van der Waals surface area contributed by atoms with Crippen molar-refractivity contribution < 1.29 is 68.2 Å². The van der Waals surface area contributed by atoms with Crippen molar-refractivity contribution in [2.24, 2.45) is 0 Å². The Labute approximate surface area is 118 Å². The summed E-state index contributed by atoms with van der Waals surface area (Å²) in [5.74, 6) is 0. The molecule has 0 aromatic rings. The molecule has 0 aliphatic heterocycles. The van der Waals surface area contributed by atoms with E-state index in [4.69, 9.17) is 19.1 Å². The Balaban J connectivity index is -0.000000282. The van der Waals surface area contributed by atoms with Gasteiger partial charge in [-0.05, 0) is 0 Å². The summed E-state index contributed by atoms with van der Waals surface area (Å²) in [5, 5.41) is 8.32. The number of hydrogen-bond acceptors (Lipinski definition) is 6. The van der Waals surface area contributed by atoms with E-state index in [1.165, 1.54) is 0 Å². The van der Waals surface area contributed by atoms with Crippen molar-refractivity contribution in [1.82, 2.24) is 0 Å². The number of rotatable bonds is 9. The van der Waals surface area contributed by atoms with Gasteiger partial charge >= 0.3 is 40.0 Å². The van der Waals surface area contributed by atoms with Crippen LogP contribution >= 0.6 is 0 Å². The summed E-state index contributed by atoms with van der Waals surface area (Å²) in [6, 6.07) is 0. The first-order valence-electron chi connectivity index (χ1n) is 3.94. The molecular weight excluding hydrogens is 255 g/mol. The third-order valence-electron chi connectivity index (χ3n) is 1.07. The van der Waals surface area contributed by atoms with E-state index < -0.39 is 10.4 Å². The van der Waals surface area contributed by atoms with E-state index in [1.54, 1.807) is 0 Å². The SMILES string of the molecule is O.O=S(=O)(O)OCCOCCOCCO.[H-].[Na+]. The molecule has 0 bridgehead atoms. The van der Waals surface area contributed by atoms with E-state index in [0.29, 0.717) is 6.61 Å². The summed E-state index contributed by atoms with van der Waals surface area (Å²) in [6.07, 6.45) is 0. The zero-order chi connectivity index (χ0) is 10.9. The molecule has 0 aromatic carbocycles. The maximum Gasteiger partial charge on any atom is 1.00 e. The van der Waals surface area contributed by atoms with Crippen molar-refractivity contribution in [3.8, 4) is 0 Å². The van der Waals surface area contributed by atoms with Gasteiger partial charge in [-0.2, -0.15) is 8.42 Å². The average molecular weight is 272 g/mol. The fraction of sp³-hybridized carbons (Fsp3) is 1.00. The fourth-order valence-corrected chi connectivity index (χ4v) is 0.863. The Morgan fingerprint density at radius 2 is 1.44 bits per heavy atom. The molecule has 0 saturated heterocycles. The minimum atomic E-state index is -4.37. The van der Waals surface area contributed by atoms with Crippen LogP contribution in [0.3, 0.4) is 0 Å². The molecule has 0 aliphatic rings. The van der Waals surface area contributed by atoms with Crippen molar-refractivity contribution in [2.75, 3.05) is 39.6 Å². The van der Waals surface area contributed by atoms with Gasteiger partial charge in [0.1, 0.15) is 0 Å². The van der Waals surface area contributed by atoms with E-state index in [9.17, 15) is 8.42 Å². The molecule has 0 radical (unpaired) electrons. The van der Waals surface area contributed by atoms with Gasteiger partial charge in [0.05, 0.1) is 39.6 Å². The number of ether oxygens (including phenoxy) is 2. The zero-order valence-corrected chi connectivity index (χ0v) is 11.9. The maximum atomic E-state index is 10.0. The van der Waals surface area contributed by atoms with Crippen molar-refractivity contribution in [1.29, 1.82) is 0 Å². The van der Waals surface area contributed by atoms with Crippen LogP contribution in [0.5, 0.6) is 0 Å². The standard InChI is InChI=1S/C6H14O7S.Na.H2O.H/c7-1-2-11-3-4-12-5-6-13-14(8,9)10;;;/h7H,1-6H2,(H,8,9,10);;1H2;/q;+1;;-1. The minimum Gasteiger partial charge on any atom is -1.00 e. The molecule has 0 heterocycles. The quantitative estimate of drug-likeness (QED) is 0.244. The molecule has 0 saturated carbocycles. The van der Waals surface area contributed by atoms with E-state index in [0.717, 1.165) is 0 Å². The van der Waals surface area contributed by atoms with Crippen molar-refractivity contribution >= 4 is 10.4 Å². The van der Waals surface area contributed by atoms with Gasteiger partial charge in [0.15, 0.2) is 0 Å². The summed E-state index contributed by atoms with van der Waals surface area (Å²) < 4.78 is 41.9. The molecule has 0 spiro atoms. The number of aliphatic hydroxyl groups is 1. The number of hydrogen-bond donors (Lipinski definition) is 2. The Kier molecular flexibility index (Phi) is 18.9. The Morgan fingerprint density at radius 1 is 1.00 bits per heavy atom. The molecule has 0 unspecified atom stereocenters. The molecule has 96 valence electrons. The number of aliphatic hydroxyl groups excluding tert-OH is 1. The largest absolute Gasteiger partial charge is 1.00 e. The van der Waals surface area contributed by atoms with Crippen LogP contribution in [0, 0.1) is 0 Å². The van der Waals surface area contributed by atoms with Crippen LogP contribution in [0.4, 0.5) is 0 Å². The second-order valence-electron chi connectivity index (χ2n) is 2.20. The molecule has 0 fully saturated rings. The predicted molar refractivity (Wildman–Crippen MR) is 51.0 cm³/mol. The van der Waals surface area contributed by atoms with Gasteiger partial charge in [-0.1, -0.05) is 0 Å². The summed E-state index contributed by atoms with van der Waals surface area (Å²) in [6.45, 7) is 0.582. The second-order valence-corrected chi connectivity index (χ2v) is 3.29. The normalized spacial score (nSPS) is 10.4. The van der Waals surface area contributed by atoms with Crippen LogP contribution in [-0.4, -0.2) is 63.2 Å². The van der Waals surface area contributed by atoms with E-state index in [1.807, 2.05) is 0 Å². The van der Waals surface area contributed by atoms with Gasteiger partial charge in [-0.3, -0.25) is 4.55 Å². The molecule has 0 amide bonds. The van der Waals surface area contributed by atoms with Crippen LogP contribution in [0.15, 0.2) is 0 Å². The summed E-state index contributed by atoms with van der Waals surface area (Å²) in [4.78, 5) is 0. The van der Waals surface area contributed by atoms with Crippen molar-refractivity contribution in [3.63, 3.8) is 0 Å². The molecule has 16 heavy (non-hydrogen) atoms. The summed E-state index contributed by atoms with van der Waals surface area (Å²) in [5.41, 5.74) is 0. The molecule has 0 aromatic heterocycles. The molecular formula is C6H17NaO8S. The average Bonchev–Trinajstić information content (AvgIpc) is 2.08. The molecule has 4 N–H and O–H groups in total. The first-order chi connectivity index (χ1) is 6.56. The van der Waals surface area contributed by atoms with Gasteiger partial charge in [0.25, 0.3) is 0 Å². The van der Waals surface area contributed by atoms with Crippen LogP contribution in [0.25, 0.3) is 0 Å². The summed E-state index contributed by atoms with van der Waals surface area (Å²) >= 11 is 0. The topological polar surface area (TPSA) is 134 Å². The second kappa shape index (κ2) is 13.8. The van der Waals surface area contributed by atoms with Gasteiger partial charge in [-0.25, -0.2) is 4.18 Å². The molecule has 10 heteroatoms. The molecule has 0 atom stereocenters. The smallest absolute Gasteiger partial charge is 1.00 e. The predicted octanol–water partition coefficient (Wildman–Crippen LogP) is -4.88. The van der Waals surface area contributed by atoms with Gasteiger partial charge in [0, 0.05) is 0 Å². The zero-order valence-electron chi connectivity index (χ0n) is 10.1. The van der Waals surface area contributed by atoms with Crippen molar-refractivity contribution in [3.05, 3.63) is 0 Å². The van der Waals surface area contributed by atoms with E-state index in [2.05, 4.69) is 4.18 Å². The minimum absolute atomic E-state index is 0. The third-order valence-corrected chi connectivity index (χ3v) is 1.53. The van der Waals surface area contributed by atoms with Crippen molar-refractivity contribution in [2.45, 2.75) is 0 Å². The fourth-order valence-electron chi connectivity index (χ4n) is 0.585. The third kappa shape index (κ3) is 20.2. The van der Waals surface area contributed by atoms with Crippen LogP contribution in [0.2, 0.25) is 0 Å². The monoisotopic (exact) mass is 272 g/mol. The Morgan fingerprint density at radius 3 is 1.88 bits per heavy atom. The molecule has 0 rings (SSSR count).